The van der Waals surface area contributed by atoms with Gasteiger partial charge in [0.1, 0.15) is 5.57 Å². The number of urea groups is 1. The second-order valence-electron chi connectivity index (χ2n) is 4.84. The fraction of sp³-hybridized carbons (Fsp3) is 0. The van der Waals surface area contributed by atoms with Crippen molar-refractivity contribution in [3.05, 3.63) is 70.8 Å². The molecular formula is C17H11ClN2O3. The molecule has 1 fully saturated rings. The minimum absolute atomic E-state index is 0.106. The van der Waals surface area contributed by atoms with Crippen molar-refractivity contribution in [2.75, 3.05) is 4.90 Å². The van der Waals surface area contributed by atoms with E-state index in [0.717, 1.165) is 4.90 Å². The number of hydrogen-bond donors (Lipinski definition) is 1. The molecule has 0 spiro atoms. The minimum Gasteiger partial charge on any atom is -0.273 e. The van der Waals surface area contributed by atoms with E-state index in [-0.39, 0.29) is 5.57 Å². The monoisotopic (exact) mass is 326 g/mol. The molecular weight excluding hydrogens is 316 g/mol. The number of amides is 4. The first-order chi connectivity index (χ1) is 11.1. The number of benzene rings is 2. The van der Waals surface area contributed by atoms with Gasteiger partial charge in [-0.2, -0.15) is 0 Å². The summed E-state index contributed by atoms with van der Waals surface area (Å²) in [7, 11) is 0. The van der Waals surface area contributed by atoms with Gasteiger partial charge in [-0.05, 0) is 35.9 Å². The van der Waals surface area contributed by atoms with Crippen LogP contribution in [0.25, 0.3) is 6.08 Å². The van der Waals surface area contributed by atoms with Gasteiger partial charge in [0.2, 0.25) is 0 Å². The number of carbonyl (C=O) groups excluding carboxylic acids is 3. The van der Waals surface area contributed by atoms with Gasteiger partial charge in [0.25, 0.3) is 11.8 Å². The molecule has 4 amide bonds. The average Bonchev–Trinajstić information content (AvgIpc) is 2.54. The van der Waals surface area contributed by atoms with Gasteiger partial charge in [0, 0.05) is 5.02 Å². The molecule has 23 heavy (non-hydrogen) atoms. The third-order valence-corrected chi connectivity index (χ3v) is 3.55. The molecule has 0 unspecified atom stereocenters. The standard InChI is InChI=1S/C17H11ClN2O3/c18-12-6-8-13(9-7-12)20-16(22)14(15(21)19-17(20)23)10-11-4-2-1-3-5-11/h1-10H,(H,19,21,23). The molecule has 1 N–H and O–H groups in total. The molecule has 0 bridgehead atoms. The van der Waals surface area contributed by atoms with Crippen molar-refractivity contribution in [2.45, 2.75) is 0 Å². The lowest BCUT2D eigenvalue weighted by molar-refractivity contribution is -0.122. The number of imide groups is 2. The zero-order valence-corrected chi connectivity index (χ0v) is 12.6. The SMILES string of the molecule is O=C1NC(=O)N(c2ccc(Cl)cc2)C(=O)C1=Cc1ccccc1. The maximum atomic E-state index is 12.6. The number of nitrogens with one attached hydrogen (secondary N) is 1. The molecule has 1 heterocycles. The van der Waals surface area contributed by atoms with Crippen LogP contribution >= 0.6 is 11.6 Å². The van der Waals surface area contributed by atoms with Crippen LogP contribution in [0.4, 0.5) is 10.5 Å². The Morgan fingerprint density at radius 2 is 1.57 bits per heavy atom. The Morgan fingerprint density at radius 1 is 0.913 bits per heavy atom. The van der Waals surface area contributed by atoms with E-state index in [1.54, 1.807) is 36.4 Å². The minimum atomic E-state index is -0.785. The van der Waals surface area contributed by atoms with Gasteiger partial charge in [-0.25, -0.2) is 9.69 Å². The molecule has 1 aliphatic rings. The fourth-order valence-electron chi connectivity index (χ4n) is 2.20. The molecule has 0 aliphatic carbocycles. The Kier molecular flexibility index (Phi) is 3.95. The Bertz CT molecular complexity index is 813. The van der Waals surface area contributed by atoms with Gasteiger partial charge >= 0.3 is 6.03 Å². The predicted octanol–water partition coefficient (Wildman–Crippen LogP) is 3.01. The Labute approximate surface area is 137 Å². The summed E-state index contributed by atoms with van der Waals surface area (Å²) in [6.45, 7) is 0. The lowest BCUT2D eigenvalue weighted by Crippen LogP contribution is -2.54. The molecule has 0 atom stereocenters. The van der Waals surface area contributed by atoms with Crippen molar-refractivity contribution in [1.82, 2.24) is 5.32 Å². The number of halogens is 1. The molecule has 2 aromatic rings. The Morgan fingerprint density at radius 3 is 2.22 bits per heavy atom. The normalized spacial score (nSPS) is 16.7. The van der Waals surface area contributed by atoms with Crippen LogP contribution in [0.1, 0.15) is 5.56 Å². The van der Waals surface area contributed by atoms with Crippen LogP contribution in [-0.4, -0.2) is 17.8 Å². The van der Waals surface area contributed by atoms with E-state index in [4.69, 9.17) is 11.6 Å². The summed E-state index contributed by atoms with van der Waals surface area (Å²) in [5, 5.41) is 2.65. The first kappa shape index (κ1) is 15.0. The highest BCUT2D eigenvalue weighted by Gasteiger charge is 2.36. The largest absolute Gasteiger partial charge is 0.335 e. The molecule has 0 aromatic heterocycles. The number of barbiturate groups is 1. The number of anilines is 1. The summed E-state index contributed by atoms with van der Waals surface area (Å²) in [4.78, 5) is 37.5. The first-order valence-corrected chi connectivity index (χ1v) is 7.16. The third kappa shape index (κ3) is 3.00. The van der Waals surface area contributed by atoms with Gasteiger partial charge in [-0.3, -0.25) is 14.9 Å². The third-order valence-electron chi connectivity index (χ3n) is 3.30. The van der Waals surface area contributed by atoms with Gasteiger partial charge in [0.05, 0.1) is 5.69 Å². The highest BCUT2D eigenvalue weighted by Crippen LogP contribution is 2.23. The molecule has 114 valence electrons. The molecule has 1 saturated heterocycles. The van der Waals surface area contributed by atoms with Crippen LogP contribution in [0.5, 0.6) is 0 Å². The molecule has 0 radical (unpaired) electrons. The van der Waals surface area contributed by atoms with Gasteiger partial charge < -0.3 is 0 Å². The second-order valence-corrected chi connectivity index (χ2v) is 5.28. The molecule has 6 heteroatoms. The number of hydrogen-bond acceptors (Lipinski definition) is 3. The highest BCUT2D eigenvalue weighted by atomic mass is 35.5. The summed E-state index contributed by atoms with van der Waals surface area (Å²) < 4.78 is 0. The van der Waals surface area contributed by atoms with Gasteiger partial charge in [-0.15, -0.1) is 0 Å². The molecule has 2 aromatic carbocycles. The van der Waals surface area contributed by atoms with Crippen LogP contribution in [0.3, 0.4) is 0 Å². The van der Waals surface area contributed by atoms with Crippen LogP contribution in [0.15, 0.2) is 60.2 Å². The van der Waals surface area contributed by atoms with E-state index >= 15 is 0 Å². The van der Waals surface area contributed by atoms with Gasteiger partial charge in [-0.1, -0.05) is 41.9 Å². The second kappa shape index (κ2) is 6.06. The fourth-order valence-corrected chi connectivity index (χ4v) is 2.32. The van der Waals surface area contributed by atoms with Crippen molar-refractivity contribution in [3.8, 4) is 0 Å². The smallest absolute Gasteiger partial charge is 0.273 e. The van der Waals surface area contributed by atoms with Crippen LogP contribution < -0.4 is 10.2 Å². The lowest BCUT2D eigenvalue weighted by Gasteiger charge is -2.26. The van der Waals surface area contributed by atoms with E-state index in [1.807, 2.05) is 6.07 Å². The van der Waals surface area contributed by atoms with E-state index < -0.39 is 17.8 Å². The Balaban J connectivity index is 2.01. The van der Waals surface area contributed by atoms with Crippen molar-refractivity contribution < 1.29 is 14.4 Å². The summed E-state index contributed by atoms with van der Waals surface area (Å²) in [6.07, 6.45) is 1.45. The quantitative estimate of drug-likeness (QED) is 0.681. The van der Waals surface area contributed by atoms with Crippen molar-refractivity contribution in [2.24, 2.45) is 0 Å². The van der Waals surface area contributed by atoms with Crippen molar-refractivity contribution >= 4 is 41.2 Å². The average molecular weight is 327 g/mol. The van der Waals surface area contributed by atoms with E-state index in [9.17, 15) is 14.4 Å². The molecule has 3 rings (SSSR count). The topological polar surface area (TPSA) is 66.5 Å². The number of rotatable bonds is 2. The molecule has 0 saturated carbocycles. The number of nitrogens with zero attached hydrogens (tertiary/aromatic N) is 1. The van der Waals surface area contributed by atoms with Crippen LogP contribution in [-0.2, 0) is 9.59 Å². The summed E-state index contributed by atoms with van der Waals surface area (Å²) in [6, 6.07) is 14.3. The summed E-state index contributed by atoms with van der Waals surface area (Å²) in [5.74, 6) is -1.39. The Hall–Kier alpha value is -2.92. The summed E-state index contributed by atoms with van der Waals surface area (Å²) in [5.41, 5.74) is 0.922. The zero-order chi connectivity index (χ0) is 16.4. The highest BCUT2D eigenvalue weighted by molar-refractivity contribution is 6.39. The summed E-state index contributed by atoms with van der Waals surface area (Å²) >= 11 is 5.81. The van der Waals surface area contributed by atoms with E-state index in [0.29, 0.717) is 16.3 Å². The first-order valence-electron chi connectivity index (χ1n) is 6.78. The van der Waals surface area contributed by atoms with E-state index in [2.05, 4.69) is 5.32 Å². The van der Waals surface area contributed by atoms with E-state index in [1.165, 1.54) is 18.2 Å². The van der Waals surface area contributed by atoms with Crippen LogP contribution in [0.2, 0.25) is 5.02 Å². The van der Waals surface area contributed by atoms with Crippen molar-refractivity contribution in [3.63, 3.8) is 0 Å². The van der Waals surface area contributed by atoms with Gasteiger partial charge in [0.15, 0.2) is 0 Å². The molecule has 1 aliphatic heterocycles. The van der Waals surface area contributed by atoms with Crippen molar-refractivity contribution in [1.29, 1.82) is 0 Å². The zero-order valence-electron chi connectivity index (χ0n) is 11.8. The maximum Gasteiger partial charge on any atom is 0.335 e. The number of carbonyl (C=O) groups is 3. The maximum absolute atomic E-state index is 12.6. The lowest BCUT2D eigenvalue weighted by atomic mass is 10.1. The van der Waals surface area contributed by atoms with Crippen LogP contribution in [0, 0.1) is 0 Å². The molecule has 5 nitrogen and oxygen atoms in total. The predicted molar refractivity (Wildman–Crippen MR) is 86.9 cm³/mol.